The molecule has 0 saturated heterocycles. The average molecular weight is 316 g/mol. The number of aliphatic hydroxyl groups excluding tert-OH is 1. The van der Waals surface area contributed by atoms with Crippen LogP contribution in [-0.2, 0) is 11.2 Å². The van der Waals surface area contributed by atoms with Crippen LogP contribution >= 0.6 is 0 Å². The predicted octanol–water partition coefficient (Wildman–Crippen LogP) is 3.19. The molecule has 1 atom stereocenters. The number of anilines is 2. The van der Waals surface area contributed by atoms with E-state index in [0.717, 1.165) is 11.3 Å². The second-order valence-electron chi connectivity index (χ2n) is 5.48. The van der Waals surface area contributed by atoms with Crippen LogP contribution in [0.4, 0.5) is 15.8 Å². The van der Waals surface area contributed by atoms with E-state index in [2.05, 4.69) is 10.6 Å². The van der Waals surface area contributed by atoms with Gasteiger partial charge in [0.05, 0.1) is 0 Å². The Balaban J connectivity index is 1.82. The number of amides is 1. The van der Waals surface area contributed by atoms with Crippen LogP contribution in [-0.4, -0.2) is 23.7 Å². The molecule has 1 amide bonds. The van der Waals surface area contributed by atoms with Gasteiger partial charge in [0.15, 0.2) is 0 Å². The second kappa shape index (κ2) is 8.29. The monoisotopic (exact) mass is 316 g/mol. The number of nitrogens with one attached hydrogen (secondary N) is 2. The summed E-state index contributed by atoms with van der Waals surface area (Å²) in [7, 11) is 0. The molecule has 122 valence electrons. The quantitative estimate of drug-likeness (QED) is 0.735. The Morgan fingerprint density at radius 3 is 2.30 bits per heavy atom. The molecule has 5 heteroatoms. The number of rotatable bonds is 7. The van der Waals surface area contributed by atoms with Gasteiger partial charge in [-0.3, -0.25) is 4.79 Å². The maximum atomic E-state index is 12.8. The lowest BCUT2D eigenvalue weighted by molar-refractivity contribution is -0.116. The van der Waals surface area contributed by atoms with E-state index in [1.807, 2.05) is 31.2 Å². The SMILES string of the molecule is CC(CC(=O)Nc1ccc(F)cc1)Nc1ccc(CCO)cc1. The third-order valence-electron chi connectivity index (χ3n) is 3.39. The third-order valence-corrected chi connectivity index (χ3v) is 3.39. The van der Waals surface area contributed by atoms with Gasteiger partial charge in [-0.2, -0.15) is 0 Å². The largest absolute Gasteiger partial charge is 0.396 e. The first-order chi connectivity index (χ1) is 11.1. The fourth-order valence-corrected chi connectivity index (χ4v) is 2.26. The molecule has 0 spiro atoms. The van der Waals surface area contributed by atoms with Crippen molar-refractivity contribution < 1.29 is 14.3 Å². The molecule has 2 aromatic carbocycles. The molecule has 0 aliphatic carbocycles. The summed E-state index contributed by atoms with van der Waals surface area (Å²) in [6.45, 7) is 2.05. The highest BCUT2D eigenvalue weighted by Gasteiger charge is 2.09. The Morgan fingerprint density at radius 2 is 1.70 bits per heavy atom. The average Bonchev–Trinajstić information content (AvgIpc) is 2.51. The van der Waals surface area contributed by atoms with E-state index >= 15 is 0 Å². The van der Waals surface area contributed by atoms with Gasteiger partial charge in [-0.25, -0.2) is 4.39 Å². The third kappa shape index (κ3) is 5.71. The molecular weight excluding hydrogens is 295 g/mol. The molecule has 23 heavy (non-hydrogen) atoms. The summed E-state index contributed by atoms with van der Waals surface area (Å²) in [6, 6.07) is 13.4. The Morgan fingerprint density at radius 1 is 1.09 bits per heavy atom. The fraction of sp³-hybridized carbons (Fsp3) is 0.278. The van der Waals surface area contributed by atoms with Crippen LogP contribution < -0.4 is 10.6 Å². The van der Waals surface area contributed by atoms with E-state index in [9.17, 15) is 9.18 Å². The Bertz CT molecular complexity index is 626. The molecule has 0 saturated carbocycles. The zero-order chi connectivity index (χ0) is 16.7. The van der Waals surface area contributed by atoms with Crippen molar-refractivity contribution in [3.8, 4) is 0 Å². The molecule has 4 nitrogen and oxygen atoms in total. The molecule has 2 aromatic rings. The molecule has 0 aliphatic heterocycles. The minimum absolute atomic E-state index is 0.0425. The number of hydrogen-bond donors (Lipinski definition) is 3. The highest BCUT2D eigenvalue weighted by molar-refractivity contribution is 5.91. The highest BCUT2D eigenvalue weighted by Crippen LogP contribution is 2.13. The van der Waals surface area contributed by atoms with Crippen molar-refractivity contribution in [1.29, 1.82) is 0 Å². The zero-order valence-electron chi connectivity index (χ0n) is 13.1. The molecule has 3 N–H and O–H groups in total. The van der Waals surface area contributed by atoms with E-state index in [-0.39, 0.29) is 24.4 Å². The summed E-state index contributed by atoms with van der Waals surface area (Å²) in [6.07, 6.45) is 0.936. The number of halogens is 1. The molecule has 1 unspecified atom stereocenters. The van der Waals surface area contributed by atoms with Gasteiger partial charge in [0.25, 0.3) is 0 Å². The standard InChI is InChI=1S/C18H21FN2O2/c1-13(20-16-6-2-14(3-7-16)10-11-22)12-18(23)21-17-8-4-15(19)5-9-17/h2-9,13,20,22H,10-12H2,1H3,(H,21,23). The van der Waals surface area contributed by atoms with Gasteiger partial charge in [0.2, 0.25) is 5.91 Å². The van der Waals surface area contributed by atoms with Gasteiger partial charge < -0.3 is 15.7 Å². The second-order valence-corrected chi connectivity index (χ2v) is 5.48. The van der Waals surface area contributed by atoms with Crippen LogP contribution in [0.15, 0.2) is 48.5 Å². The molecular formula is C18H21FN2O2. The lowest BCUT2D eigenvalue weighted by Crippen LogP contribution is -2.23. The highest BCUT2D eigenvalue weighted by atomic mass is 19.1. The lowest BCUT2D eigenvalue weighted by atomic mass is 10.1. The Hall–Kier alpha value is -2.40. The minimum Gasteiger partial charge on any atom is -0.396 e. The van der Waals surface area contributed by atoms with Crippen LogP contribution in [0.5, 0.6) is 0 Å². The number of hydrogen-bond acceptors (Lipinski definition) is 3. The molecule has 0 heterocycles. The van der Waals surface area contributed by atoms with E-state index in [4.69, 9.17) is 5.11 Å². The van der Waals surface area contributed by atoms with Crippen LogP contribution in [0.25, 0.3) is 0 Å². The minimum atomic E-state index is -0.331. The summed E-state index contributed by atoms with van der Waals surface area (Å²) in [4.78, 5) is 12.0. The molecule has 0 radical (unpaired) electrons. The summed E-state index contributed by atoms with van der Waals surface area (Å²) in [5.41, 5.74) is 2.57. The van der Waals surface area contributed by atoms with E-state index in [0.29, 0.717) is 18.5 Å². The van der Waals surface area contributed by atoms with Crippen LogP contribution in [0.3, 0.4) is 0 Å². The van der Waals surface area contributed by atoms with Gasteiger partial charge in [-0.15, -0.1) is 0 Å². The van der Waals surface area contributed by atoms with Gasteiger partial charge in [-0.1, -0.05) is 12.1 Å². The first-order valence-corrected chi connectivity index (χ1v) is 7.58. The van der Waals surface area contributed by atoms with Crippen molar-refractivity contribution in [2.45, 2.75) is 25.8 Å². The van der Waals surface area contributed by atoms with Crippen molar-refractivity contribution in [3.05, 3.63) is 59.9 Å². The van der Waals surface area contributed by atoms with Crippen LogP contribution in [0.2, 0.25) is 0 Å². The van der Waals surface area contributed by atoms with Crippen LogP contribution in [0.1, 0.15) is 18.9 Å². The predicted molar refractivity (Wildman–Crippen MR) is 90.0 cm³/mol. The number of carbonyl (C=O) groups excluding carboxylic acids is 1. The molecule has 0 fully saturated rings. The normalized spacial score (nSPS) is 11.8. The topological polar surface area (TPSA) is 61.4 Å². The fourth-order valence-electron chi connectivity index (χ4n) is 2.26. The van der Waals surface area contributed by atoms with Crippen molar-refractivity contribution >= 4 is 17.3 Å². The van der Waals surface area contributed by atoms with Gasteiger partial charge >= 0.3 is 0 Å². The summed E-state index contributed by atoms with van der Waals surface area (Å²) in [5.74, 6) is -0.462. The van der Waals surface area contributed by atoms with Crippen LogP contribution in [0, 0.1) is 5.82 Å². The van der Waals surface area contributed by atoms with Crippen molar-refractivity contribution in [2.24, 2.45) is 0 Å². The molecule has 0 bridgehead atoms. The molecule has 0 aromatic heterocycles. The smallest absolute Gasteiger partial charge is 0.226 e. The lowest BCUT2D eigenvalue weighted by Gasteiger charge is -2.15. The maximum Gasteiger partial charge on any atom is 0.226 e. The Kier molecular flexibility index (Phi) is 6.11. The van der Waals surface area contributed by atoms with E-state index in [1.54, 1.807) is 0 Å². The first-order valence-electron chi connectivity index (χ1n) is 7.58. The van der Waals surface area contributed by atoms with Gasteiger partial charge in [0.1, 0.15) is 5.82 Å². The maximum absolute atomic E-state index is 12.8. The summed E-state index contributed by atoms with van der Waals surface area (Å²) in [5, 5.41) is 14.9. The van der Waals surface area contributed by atoms with Crippen molar-refractivity contribution in [3.63, 3.8) is 0 Å². The first kappa shape index (κ1) is 17.0. The van der Waals surface area contributed by atoms with Crippen molar-refractivity contribution in [1.82, 2.24) is 0 Å². The number of benzene rings is 2. The van der Waals surface area contributed by atoms with E-state index < -0.39 is 0 Å². The zero-order valence-corrected chi connectivity index (χ0v) is 13.1. The van der Waals surface area contributed by atoms with Gasteiger partial charge in [-0.05, 0) is 55.3 Å². The summed E-state index contributed by atoms with van der Waals surface area (Å²) < 4.78 is 12.8. The van der Waals surface area contributed by atoms with Gasteiger partial charge in [0, 0.05) is 30.4 Å². The van der Waals surface area contributed by atoms with E-state index in [1.165, 1.54) is 24.3 Å². The summed E-state index contributed by atoms with van der Waals surface area (Å²) >= 11 is 0. The number of aliphatic hydroxyl groups is 1. The molecule has 2 rings (SSSR count). The van der Waals surface area contributed by atoms with Crippen molar-refractivity contribution in [2.75, 3.05) is 17.2 Å². The molecule has 0 aliphatic rings. The Labute approximate surface area is 135 Å². The number of carbonyl (C=O) groups is 1.